The first-order valence-corrected chi connectivity index (χ1v) is 8.82. The number of carbonyl (C=O) groups excluding carboxylic acids is 3. The number of carbonyl (C=O) groups is 3. The summed E-state index contributed by atoms with van der Waals surface area (Å²) in [7, 11) is 1.39. The number of methoxy groups -OCH3 is 1. The van der Waals surface area contributed by atoms with Crippen LogP contribution < -0.4 is 9.47 Å². The van der Waals surface area contributed by atoms with Gasteiger partial charge < -0.3 is 18.9 Å². The highest BCUT2D eigenvalue weighted by Crippen LogP contribution is 2.31. The predicted molar refractivity (Wildman–Crippen MR) is 96.9 cm³/mol. The van der Waals surface area contributed by atoms with E-state index in [1.807, 2.05) is 6.92 Å². The molecule has 0 aliphatic rings. The van der Waals surface area contributed by atoms with Gasteiger partial charge in [-0.2, -0.15) is 0 Å². The van der Waals surface area contributed by atoms with Crippen molar-refractivity contribution in [2.75, 3.05) is 20.3 Å². The van der Waals surface area contributed by atoms with E-state index in [4.69, 9.17) is 18.9 Å². The molecule has 0 amide bonds. The van der Waals surface area contributed by atoms with Gasteiger partial charge in [0.2, 0.25) is 5.75 Å². The molecule has 0 radical (unpaired) electrons. The topological polar surface area (TPSA) is 101 Å². The van der Waals surface area contributed by atoms with Gasteiger partial charge >= 0.3 is 11.9 Å². The van der Waals surface area contributed by atoms with Gasteiger partial charge in [-0.3, -0.25) is 14.4 Å². The Morgan fingerprint density at radius 1 is 1.22 bits per heavy atom. The highest BCUT2D eigenvalue weighted by Gasteiger charge is 2.26. The lowest BCUT2D eigenvalue weighted by molar-refractivity contribution is -0.155. The van der Waals surface area contributed by atoms with Crippen molar-refractivity contribution in [3.05, 3.63) is 18.0 Å². The van der Waals surface area contributed by atoms with Crippen LogP contribution in [0, 0.1) is 5.92 Å². The summed E-state index contributed by atoms with van der Waals surface area (Å²) in [5.41, 5.74) is -0.0662. The summed E-state index contributed by atoms with van der Waals surface area (Å²) in [6, 6.07) is 1.48. The number of rotatable bonds is 11. The van der Waals surface area contributed by atoms with Gasteiger partial charge in [0.15, 0.2) is 17.2 Å². The van der Waals surface area contributed by atoms with E-state index in [1.165, 1.54) is 26.3 Å². The Balaban J connectivity index is 2.77. The zero-order chi connectivity index (χ0) is 20.4. The van der Waals surface area contributed by atoms with Gasteiger partial charge in [-0.1, -0.05) is 13.8 Å². The molecule has 1 rings (SSSR count). The van der Waals surface area contributed by atoms with Gasteiger partial charge in [0.1, 0.15) is 6.10 Å². The molecule has 1 heterocycles. The van der Waals surface area contributed by atoms with Gasteiger partial charge in [-0.05, 0) is 13.3 Å². The summed E-state index contributed by atoms with van der Waals surface area (Å²) < 4.78 is 20.8. The maximum Gasteiger partial charge on any atom is 0.309 e. The molecule has 27 heavy (non-hydrogen) atoms. The van der Waals surface area contributed by atoms with Crippen LogP contribution in [0.25, 0.3) is 0 Å². The molecule has 0 saturated heterocycles. The molecular formula is C19H27NO7. The van der Waals surface area contributed by atoms with E-state index >= 15 is 0 Å². The summed E-state index contributed by atoms with van der Waals surface area (Å²) in [5, 5.41) is 0. The van der Waals surface area contributed by atoms with Crippen LogP contribution in [0.5, 0.6) is 11.5 Å². The van der Waals surface area contributed by atoms with Gasteiger partial charge in [0, 0.05) is 32.2 Å². The standard InChI is InChI=1S/C19H27NO7/c1-6-9-25-11-13(3)26-19(23)12(2)10-15(22)17-18(27-14(4)21)16(24-5)7-8-20-17/h7-8,12-13H,6,9-11H2,1-5H3/t12-,13+/m1/s1. The molecule has 0 N–H and O–H groups in total. The Labute approximate surface area is 159 Å². The number of Topliss-reactive ketones (excluding diaryl/α,β-unsaturated/α-hetero) is 1. The number of nitrogens with zero attached hydrogens (tertiary/aromatic N) is 1. The average Bonchev–Trinajstić information content (AvgIpc) is 2.61. The number of ketones is 1. The minimum absolute atomic E-state index is 0.0561. The van der Waals surface area contributed by atoms with E-state index in [9.17, 15) is 14.4 Å². The van der Waals surface area contributed by atoms with Crippen molar-refractivity contribution in [2.45, 2.75) is 46.6 Å². The van der Waals surface area contributed by atoms with E-state index in [0.717, 1.165) is 6.42 Å². The van der Waals surface area contributed by atoms with E-state index in [0.29, 0.717) is 13.2 Å². The first-order valence-electron chi connectivity index (χ1n) is 8.82. The van der Waals surface area contributed by atoms with Crippen LogP contribution in [-0.4, -0.2) is 49.1 Å². The van der Waals surface area contributed by atoms with E-state index < -0.39 is 29.7 Å². The monoisotopic (exact) mass is 381 g/mol. The maximum atomic E-state index is 12.6. The molecule has 0 saturated carbocycles. The predicted octanol–water partition coefficient (Wildman–Crippen LogP) is 2.58. The number of ether oxygens (including phenoxy) is 4. The lowest BCUT2D eigenvalue weighted by Crippen LogP contribution is -2.26. The highest BCUT2D eigenvalue weighted by atomic mass is 16.6. The first-order chi connectivity index (χ1) is 12.8. The Bertz CT molecular complexity index is 659. The molecule has 0 unspecified atom stereocenters. The molecule has 0 fully saturated rings. The Morgan fingerprint density at radius 2 is 1.93 bits per heavy atom. The molecule has 8 nitrogen and oxygen atoms in total. The number of esters is 2. The molecule has 0 aliphatic carbocycles. The van der Waals surface area contributed by atoms with Crippen molar-refractivity contribution in [1.82, 2.24) is 4.98 Å². The van der Waals surface area contributed by atoms with E-state index in [2.05, 4.69) is 4.98 Å². The van der Waals surface area contributed by atoms with Gasteiger partial charge in [-0.15, -0.1) is 0 Å². The molecule has 0 aromatic carbocycles. The molecule has 0 aliphatic heterocycles. The number of hydrogen-bond donors (Lipinski definition) is 0. The number of aromatic nitrogens is 1. The van der Waals surface area contributed by atoms with Crippen LogP contribution >= 0.6 is 0 Å². The maximum absolute atomic E-state index is 12.6. The van der Waals surface area contributed by atoms with E-state index in [1.54, 1.807) is 13.8 Å². The normalized spacial score (nSPS) is 12.8. The lowest BCUT2D eigenvalue weighted by Gasteiger charge is -2.17. The average molecular weight is 381 g/mol. The number of pyridine rings is 1. The summed E-state index contributed by atoms with van der Waals surface area (Å²) >= 11 is 0. The number of hydrogen-bond acceptors (Lipinski definition) is 8. The highest BCUT2D eigenvalue weighted by molar-refractivity contribution is 5.99. The third-order valence-electron chi connectivity index (χ3n) is 3.51. The molecule has 1 aromatic rings. The zero-order valence-electron chi connectivity index (χ0n) is 16.4. The molecule has 2 atom stereocenters. The second-order valence-corrected chi connectivity index (χ2v) is 6.14. The Kier molecular flexibility index (Phi) is 9.42. The van der Waals surface area contributed by atoms with Crippen LogP contribution in [0.4, 0.5) is 0 Å². The Hall–Kier alpha value is -2.48. The van der Waals surface area contributed by atoms with Crippen LogP contribution in [-0.2, 0) is 19.1 Å². The van der Waals surface area contributed by atoms with Crippen LogP contribution in [0.2, 0.25) is 0 Å². The van der Waals surface area contributed by atoms with Crippen molar-refractivity contribution in [3.8, 4) is 11.5 Å². The van der Waals surface area contributed by atoms with Gasteiger partial charge in [-0.25, -0.2) is 4.98 Å². The van der Waals surface area contributed by atoms with Crippen LogP contribution in [0.15, 0.2) is 12.3 Å². The van der Waals surface area contributed by atoms with Gasteiger partial charge in [0.25, 0.3) is 0 Å². The summed E-state index contributed by atoms with van der Waals surface area (Å²) in [4.78, 5) is 40.1. The molecular weight excluding hydrogens is 354 g/mol. The fraction of sp³-hybridized carbons (Fsp3) is 0.579. The molecule has 1 aromatic heterocycles. The van der Waals surface area contributed by atoms with Crippen molar-refractivity contribution >= 4 is 17.7 Å². The van der Waals surface area contributed by atoms with Gasteiger partial charge in [0.05, 0.1) is 19.6 Å². The second-order valence-electron chi connectivity index (χ2n) is 6.14. The fourth-order valence-corrected chi connectivity index (χ4v) is 2.23. The third-order valence-corrected chi connectivity index (χ3v) is 3.51. The van der Waals surface area contributed by atoms with Crippen molar-refractivity contribution in [1.29, 1.82) is 0 Å². The zero-order valence-corrected chi connectivity index (χ0v) is 16.4. The molecule has 0 spiro atoms. The first kappa shape index (κ1) is 22.6. The molecule has 150 valence electrons. The van der Waals surface area contributed by atoms with Crippen LogP contribution in [0.1, 0.15) is 51.0 Å². The smallest absolute Gasteiger partial charge is 0.309 e. The Morgan fingerprint density at radius 3 is 2.52 bits per heavy atom. The molecule has 8 heteroatoms. The largest absolute Gasteiger partial charge is 0.493 e. The van der Waals surface area contributed by atoms with Crippen LogP contribution in [0.3, 0.4) is 0 Å². The quantitative estimate of drug-likeness (QED) is 0.327. The second kappa shape index (κ2) is 11.3. The minimum Gasteiger partial charge on any atom is -0.493 e. The van der Waals surface area contributed by atoms with E-state index in [-0.39, 0.29) is 23.6 Å². The van der Waals surface area contributed by atoms with Crippen molar-refractivity contribution in [3.63, 3.8) is 0 Å². The van der Waals surface area contributed by atoms with Crippen molar-refractivity contribution in [2.24, 2.45) is 5.92 Å². The van der Waals surface area contributed by atoms with Crippen molar-refractivity contribution < 1.29 is 33.3 Å². The SMILES string of the molecule is CCCOC[C@H](C)OC(=O)[C@H](C)CC(=O)c1nccc(OC)c1OC(C)=O. The minimum atomic E-state index is -0.690. The third kappa shape index (κ3) is 7.34. The fourth-order valence-electron chi connectivity index (χ4n) is 2.23. The summed E-state index contributed by atoms with van der Waals surface area (Å²) in [6.07, 6.45) is 1.70. The molecule has 0 bridgehead atoms. The lowest BCUT2D eigenvalue weighted by atomic mass is 10.0. The summed E-state index contributed by atoms with van der Waals surface area (Å²) in [5.74, 6) is -2.11. The summed E-state index contributed by atoms with van der Waals surface area (Å²) in [6.45, 7) is 7.41.